The summed E-state index contributed by atoms with van der Waals surface area (Å²) in [7, 11) is 1.66. The van der Waals surface area contributed by atoms with E-state index in [1.165, 1.54) is 0 Å². The van der Waals surface area contributed by atoms with Crippen molar-refractivity contribution in [2.24, 2.45) is 5.92 Å². The van der Waals surface area contributed by atoms with Gasteiger partial charge in [0.1, 0.15) is 5.75 Å². The normalized spacial score (nSPS) is 17.7. The number of hydrogen-bond acceptors (Lipinski definition) is 3. The predicted molar refractivity (Wildman–Crippen MR) is 88.7 cm³/mol. The van der Waals surface area contributed by atoms with Crippen molar-refractivity contribution < 1.29 is 14.6 Å². The maximum Gasteiger partial charge on any atom is 0.317 e. The van der Waals surface area contributed by atoms with Crippen LogP contribution < -0.4 is 10.1 Å². The van der Waals surface area contributed by atoms with E-state index < -0.39 is 0 Å². The van der Waals surface area contributed by atoms with Crippen LogP contribution in [0.2, 0.25) is 0 Å². The Balaban J connectivity index is 1.58. The first-order chi connectivity index (χ1) is 11.2. The van der Waals surface area contributed by atoms with Crippen molar-refractivity contribution in [2.45, 2.75) is 12.8 Å². The number of aromatic amines is 1. The van der Waals surface area contributed by atoms with Gasteiger partial charge in [0.15, 0.2) is 0 Å². The molecule has 0 bridgehead atoms. The molecule has 0 radical (unpaired) electrons. The number of urea groups is 1. The minimum Gasteiger partial charge on any atom is -0.496 e. The Morgan fingerprint density at radius 3 is 3.13 bits per heavy atom. The molecular formula is C17H23N3O3. The van der Waals surface area contributed by atoms with E-state index in [2.05, 4.69) is 10.3 Å². The molecular weight excluding hydrogens is 294 g/mol. The molecule has 1 fully saturated rings. The van der Waals surface area contributed by atoms with Gasteiger partial charge >= 0.3 is 6.03 Å². The van der Waals surface area contributed by atoms with Gasteiger partial charge in [-0.15, -0.1) is 0 Å². The zero-order chi connectivity index (χ0) is 16.2. The van der Waals surface area contributed by atoms with E-state index in [1.54, 1.807) is 12.0 Å². The van der Waals surface area contributed by atoms with E-state index in [-0.39, 0.29) is 18.6 Å². The SMILES string of the molecule is COc1cccc2[nH]cc(CCNC(=O)N3CCC(CO)C3)c12. The highest BCUT2D eigenvalue weighted by molar-refractivity contribution is 5.89. The number of carbonyl (C=O) groups is 1. The molecule has 2 heterocycles. The lowest BCUT2D eigenvalue weighted by Crippen LogP contribution is -2.39. The van der Waals surface area contributed by atoms with Crippen LogP contribution in [0.15, 0.2) is 24.4 Å². The van der Waals surface area contributed by atoms with Crippen molar-refractivity contribution in [3.05, 3.63) is 30.0 Å². The number of H-pyrrole nitrogens is 1. The van der Waals surface area contributed by atoms with Crippen molar-refractivity contribution in [1.29, 1.82) is 0 Å². The molecule has 0 aliphatic carbocycles. The van der Waals surface area contributed by atoms with Crippen molar-refractivity contribution >= 4 is 16.9 Å². The van der Waals surface area contributed by atoms with Crippen LogP contribution in [-0.2, 0) is 6.42 Å². The second kappa shape index (κ2) is 6.91. The molecule has 2 amide bonds. The molecule has 6 nitrogen and oxygen atoms in total. The third-order valence-corrected chi connectivity index (χ3v) is 4.47. The third-order valence-electron chi connectivity index (χ3n) is 4.47. The minimum atomic E-state index is -0.0484. The summed E-state index contributed by atoms with van der Waals surface area (Å²) < 4.78 is 5.42. The Hall–Kier alpha value is -2.21. The molecule has 23 heavy (non-hydrogen) atoms. The summed E-state index contributed by atoms with van der Waals surface area (Å²) in [5, 5.41) is 13.2. The fourth-order valence-electron chi connectivity index (χ4n) is 3.17. The highest BCUT2D eigenvalue weighted by Gasteiger charge is 2.25. The summed E-state index contributed by atoms with van der Waals surface area (Å²) in [5.74, 6) is 1.06. The largest absolute Gasteiger partial charge is 0.496 e. The van der Waals surface area contributed by atoms with Gasteiger partial charge < -0.3 is 25.0 Å². The number of nitrogens with one attached hydrogen (secondary N) is 2. The molecule has 1 aliphatic heterocycles. The lowest BCUT2D eigenvalue weighted by molar-refractivity contribution is 0.198. The van der Waals surface area contributed by atoms with Crippen LogP contribution in [0.5, 0.6) is 5.75 Å². The summed E-state index contributed by atoms with van der Waals surface area (Å²) in [6, 6.07) is 5.86. The number of ether oxygens (including phenoxy) is 1. The van der Waals surface area contributed by atoms with Crippen molar-refractivity contribution in [1.82, 2.24) is 15.2 Å². The van der Waals surface area contributed by atoms with E-state index in [0.717, 1.165) is 41.6 Å². The van der Waals surface area contributed by atoms with Crippen molar-refractivity contribution in [2.75, 3.05) is 33.4 Å². The maximum atomic E-state index is 12.1. The van der Waals surface area contributed by atoms with Gasteiger partial charge in [-0.3, -0.25) is 0 Å². The summed E-state index contributed by atoms with van der Waals surface area (Å²) in [6.45, 7) is 2.09. The quantitative estimate of drug-likeness (QED) is 0.786. The Morgan fingerprint density at radius 1 is 1.52 bits per heavy atom. The molecule has 0 saturated carbocycles. The first-order valence-electron chi connectivity index (χ1n) is 7.99. The van der Waals surface area contributed by atoms with Crippen LogP contribution in [0.1, 0.15) is 12.0 Å². The zero-order valence-electron chi connectivity index (χ0n) is 13.3. The maximum absolute atomic E-state index is 12.1. The number of fused-ring (bicyclic) bond motifs is 1. The van der Waals surface area contributed by atoms with Gasteiger partial charge in [-0.1, -0.05) is 6.07 Å². The van der Waals surface area contributed by atoms with Gasteiger partial charge in [-0.2, -0.15) is 0 Å². The summed E-state index contributed by atoms with van der Waals surface area (Å²) in [5.41, 5.74) is 2.17. The third kappa shape index (κ3) is 3.27. The monoisotopic (exact) mass is 317 g/mol. The summed E-state index contributed by atoms with van der Waals surface area (Å²) >= 11 is 0. The Labute approximate surface area is 135 Å². The Bertz CT molecular complexity index is 683. The van der Waals surface area contributed by atoms with Crippen LogP contribution in [0, 0.1) is 5.92 Å². The molecule has 1 aromatic heterocycles. The average molecular weight is 317 g/mol. The Kier molecular flexibility index (Phi) is 4.71. The summed E-state index contributed by atoms with van der Waals surface area (Å²) in [6.07, 6.45) is 3.59. The van der Waals surface area contributed by atoms with Crippen LogP contribution in [0.3, 0.4) is 0 Å². The highest BCUT2D eigenvalue weighted by Crippen LogP contribution is 2.28. The fraction of sp³-hybridized carbons (Fsp3) is 0.471. The van der Waals surface area contributed by atoms with Gasteiger partial charge in [0.25, 0.3) is 0 Å². The molecule has 1 aromatic carbocycles. The lowest BCUT2D eigenvalue weighted by Gasteiger charge is -2.17. The minimum absolute atomic E-state index is 0.0484. The van der Waals surface area contributed by atoms with Crippen LogP contribution in [0.4, 0.5) is 4.79 Å². The molecule has 124 valence electrons. The molecule has 2 aromatic rings. The smallest absolute Gasteiger partial charge is 0.317 e. The van der Waals surface area contributed by atoms with Crippen LogP contribution in [-0.4, -0.2) is 54.4 Å². The van der Waals surface area contributed by atoms with E-state index in [4.69, 9.17) is 9.84 Å². The van der Waals surface area contributed by atoms with Crippen molar-refractivity contribution in [3.8, 4) is 5.75 Å². The number of amides is 2. The number of carbonyl (C=O) groups excluding carboxylic acids is 1. The van der Waals surface area contributed by atoms with Gasteiger partial charge in [0.05, 0.1) is 7.11 Å². The van der Waals surface area contributed by atoms with Gasteiger partial charge in [0, 0.05) is 49.3 Å². The highest BCUT2D eigenvalue weighted by atomic mass is 16.5. The van der Waals surface area contributed by atoms with E-state index >= 15 is 0 Å². The lowest BCUT2D eigenvalue weighted by atomic mass is 10.1. The van der Waals surface area contributed by atoms with E-state index in [1.807, 2.05) is 24.4 Å². The number of methoxy groups -OCH3 is 1. The molecule has 6 heteroatoms. The van der Waals surface area contributed by atoms with E-state index in [0.29, 0.717) is 13.1 Å². The summed E-state index contributed by atoms with van der Waals surface area (Å²) in [4.78, 5) is 17.1. The van der Waals surface area contributed by atoms with E-state index in [9.17, 15) is 4.79 Å². The molecule has 1 unspecified atom stereocenters. The number of aliphatic hydroxyl groups is 1. The van der Waals surface area contributed by atoms with Crippen LogP contribution >= 0.6 is 0 Å². The standard InChI is InChI=1S/C17H23N3O3/c1-23-15-4-2-3-14-16(15)13(9-19-14)5-7-18-17(22)20-8-6-12(10-20)11-21/h2-4,9,12,19,21H,5-8,10-11H2,1H3,(H,18,22). The first kappa shape index (κ1) is 15.7. The second-order valence-electron chi connectivity index (χ2n) is 5.96. The molecule has 0 spiro atoms. The number of aromatic nitrogens is 1. The van der Waals surface area contributed by atoms with Crippen molar-refractivity contribution in [3.63, 3.8) is 0 Å². The molecule has 3 rings (SSSR count). The van der Waals surface area contributed by atoms with Crippen LogP contribution in [0.25, 0.3) is 10.9 Å². The second-order valence-corrected chi connectivity index (χ2v) is 5.96. The molecule has 1 aliphatic rings. The Morgan fingerprint density at radius 2 is 2.39 bits per heavy atom. The first-order valence-corrected chi connectivity index (χ1v) is 7.99. The fourth-order valence-corrected chi connectivity index (χ4v) is 3.17. The number of hydrogen-bond donors (Lipinski definition) is 3. The topological polar surface area (TPSA) is 77.6 Å². The zero-order valence-corrected chi connectivity index (χ0v) is 13.3. The molecule has 1 atom stereocenters. The predicted octanol–water partition coefficient (Wildman–Crippen LogP) is 1.74. The van der Waals surface area contributed by atoms with Gasteiger partial charge in [-0.25, -0.2) is 4.79 Å². The number of likely N-dealkylation sites (tertiary alicyclic amines) is 1. The number of nitrogens with zero attached hydrogens (tertiary/aromatic N) is 1. The molecule has 3 N–H and O–H groups in total. The van der Waals surface area contributed by atoms with Gasteiger partial charge in [-0.05, 0) is 30.5 Å². The van der Waals surface area contributed by atoms with Gasteiger partial charge in [0.2, 0.25) is 0 Å². The number of benzene rings is 1. The average Bonchev–Trinajstić information content (AvgIpc) is 3.21. The molecule has 1 saturated heterocycles. The number of aliphatic hydroxyl groups excluding tert-OH is 1. The number of rotatable bonds is 5.